The molecule has 0 saturated heterocycles. The monoisotopic (exact) mass is 220 g/mol. The number of benzene rings is 1. The van der Waals surface area contributed by atoms with Crippen molar-refractivity contribution in [3.05, 3.63) is 41.0 Å². The largest absolute Gasteiger partial charge is 0.489 e. The molecule has 0 aliphatic rings. The van der Waals surface area contributed by atoms with E-state index in [0.29, 0.717) is 6.61 Å². The first-order valence-corrected chi connectivity index (χ1v) is 5.55. The summed E-state index contributed by atoms with van der Waals surface area (Å²) in [5.41, 5.74) is 3.21. The van der Waals surface area contributed by atoms with Crippen molar-refractivity contribution < 1.29 is 9.84 Å². The number of hydrogen-bond acceptors (Lipinski definition) is 2. The predicted molar refractivity (Wildman–Crippen MR) is 66.7 cm³/mol. The standard InChI is InChI=1S/C14H20O2/c1-10(2)7-8-16-14-6-5-11(3)9-13(14)12(4)15/h5-7,9,12,15H,8H2,1-4H3/t12-/m1/s1. The molecule has 2 heteroatoms. The van der Waals surface area contributed by atoms with Gasteiger partial charge in [-0.05, 0) is 45.9 Å². The van der Waals surface area contributed by atoms with E-state index >= 15 is 0 Å². The van der Waals surface area contributed by atoms with Crippen LogP contribution in [0.2, 0.25) is 0 Å². The average molecular weight is 220 g/mol. The lowest BCUT2D eigenvalue weighted by Crippen LogP contribution is -2.01. The van der Waals surface area contributed by atoms with Crippen LogP contribution < -0.4 is 4.74 Å². The molecular formula is C14H20O2. The van der Waals surface area contributed by atoms with Gasteiger partial charge in [0.15, 0.2) is 0 Å². The Morgan fingerprint density at radius 1 is 1.44 bits per heavy atom. The summed E-state index contributed by atoms with van der Waals surface area (Å²) in [5.74, 6) is 0.762. The first-order chi connectivity index (χ1) is 7.50. The van der Waals surface area contributed by atoms with Gasteiger partial charge in [-0.15, -0.1) is 0 Å². The van der Waals surface area contributed by atoms with Crippen LogP contribution in [0.3, 0.4) is 0 Å². The zero-order chi connectivity index (χ0) is 12.1. The minimum absolute atomic E-state index is 0.499. The lowest BCUT2D eigenvalue weighted by Gasteiger charge is -2.13. The van der Waals surface area contributed by atoms with Gasteiger partial charge in [-0.25, -0.2) is 0 Å². The molecule has 0 spiro atoms. The molecule has 1 aromatic carbocycles. The van der Waals surface area contributed by atoms with Crippen LogP contribution in [0.4, 0.5) is 0 Å². The highest BCUT2D eigenvalue weighted by molar-refractivity contribution is 5.38. The summed E-state index contributed by atoms with van der Waals surface area (Å²) in [6, 6.07) is 5.86. The van der Waals surface area contributed by atoms with Crippen LogP contribution in [0.15, 0.2) is 29.8 Å². The number of allylic oxidation sites excluding steroid dienone is 1. The van der Waals surface area contributed by atoms with Gasteiger partial charge in [0.1, 0.15) is 12.4 Å². The molecule has 0 aromatic heterocycles. The van der Waals surface area contributed by atoms with E-state index in [1.165, 1.54) is 5.57 Å². The molecule has 88 valence electrons. The number of aliphatic hydroxyl groups is 1. The molecule has 0 aliphatic carbocycles. The van der Waals surface area contributed by atoms with Gasteiger partial charge in [-0.3, -0.25) is 0 Å². The normalized spacial score (nSPS) is 12.1. The molecule has 1 rings (SSSR count). The van der Waals surface area contributed by atoms with Crippen molar-refractivity contribution in [1.29, 1.82) is 0 Å². The summed E-state index contributed by atoms with van der Waals surface area (Å²) >= 11 is 0. The van der Waals surface area contributed by atoms with Gasteiger partial charge in [-0.2, -0.15) is 0 Å². The van der Waals surface area contributed by atoms with Crippen molar-refractivity contribution in [3.63, 3.8) is 0 Å². The second-order valence-corrected chi connectivity index (χ2v) is 4.31. The fraction of sp³-hybridized carbons (Fsp3) is 0.429. The zero-order valence-corrected chi connectivity index (χ0v) is 10.4. The average Bonchev–Trinajstić information content (AvgIpc) is 2.19. The van der Waals surface area contributed by atoms with Gasteiger partial charge >= 0.3 is 0 Å². The second-order valence-electron chi connectivity index (χ2n) is 4.31. The number of aryl methyl sites for hydroxylation is 1. The molecule has 0 heterocycles. The van der Waals surface area contributed by atoms with Crippen molar-refractivity contribution in [2.45, 2.75) is 33.8 Å². The van der Waals surface area contributed by atoms with E-state index in [1.54, 1.807) is 6.92 Å². The minimum Gasteiger partial charge on any atom is -0.489 e. The summed E-state index contributed by atoms with van der Waals surface area (Å²) in [7, 11) is 0. The minimum atomic E-state index is -0.499. The van der Waals surface area contributed by atoms with Crippen molar-refractivity contribution in [2.75, 3.05) is 6.61 Å². The van der Waals surface area contributed by atoms with E-state index in [9.17, 15) is 5.11 Å². The summed E-state index contributed by atoms with van der Waals surface area (Å²) in [6.45, 7) is 8.38. The van der Waals surface area contributed by atoms with Gasteiger partial charge in [0, 0.05) is 5.56 Å². The number of ether oxygens (including phenoxy) is 1. The highest BCUT2D eigenvalue weighted by Crippen LogP contribution is 2.26. The summed E-state index contributed by atoms with van der Waals surface area (Å²) in [4.78, 5) is 0. The van der Waals surface area contributed by atoms with Gasteiger partial charge in [0.25, 0.3) is 0 Å². The third-order valence-electron chi connectivity index (χ3n) is 2.35. The first-order valence-electron chi connectivity index (χ1n) is 5.55. The van der Waals surface area contributed by atoms with Gasteiger partial charge < -0.3 is 9.84 Å². The molecule has 0 radical (unpaired) electrons. The summed E-state index contributed by atoms with van der Waals surface area (Å²) in [5, 5.41) is 9.64. The Hall–Kier alpha value is -1.28. The second kappa shape index (κ2) is 5.71. The van der Waals surface area contributed by atoms with E-state index < -0.39 is 6.10 Å². The maximum absolute atomic E-state index is 9.64. The van der Waals surface area contributed by atoms with Crippen LogP contribution in [0.5, 0.6) is 5.75 Å². The molecular weight excluding hydrogens is 200 g/mol. The van der Waals surface area contributed by atoms with Gasteiger partial charge in [0.2, 0.25) is 0 Å². The van der Waals surface area contributed by atoms with Crippen molar-refractivity contribution in [3.8, 4) is 5.75 Å². The smallest absolute Gasteiger partial charge is 0.125 e. The molecule has 16 heavy (non-hydrogen) atoms. The van der Waals surface area contributed by atoms with Crippen molar-refractivity contribution in [1.82, 2.24) is 0 Å². The fourth-order valence-corrected chi connectivity index (χ4v) is 1.42. The third-order valence-corrected chi connectivity index (χ3v) is 2.35. The number of rotatable bonds is 4. The Kier molecular flexibility index (Phi) is 4.56. The van der Waals surface area contributed by atoms with Crippen LogP contribution in [0.25, 0.3) is 0 Å². The molecule has 0 amide bonds. The Balaban J connectivity index is 2.82. The van der Waals surface area contributed by atoms with Gasteiger partial charge in [0.05, 0.1) is 6.10 Å². The molecule has 2 nitrogen and oxygen atoms in total. The predicted octanol–water partition coefficient (Wildman–Crippen LogP) is 3.39. The topological polar surface area (TPSA) is 29.5 Å². The van der Waals surface area contributed by atoms with E-state index in [2.05, 4.69) is 0 Å². The summed E-state index contributed by atoms with van der Waals surface area (Å²) < 4.78 is 5.63. The Labute approximate surface area is 97.6 Å². The van der Waals surface area contributed by atoms with Crippen LogP contribution >= 0.6 is 0 Å². The van der Waals surface area contributed by atoms with Crippen LogP contribution in [0.1, 0.15) is 38.0 Å². The highest BCUT2D eigenvalue weighted by Gasteiger charge is 2.08. The van der Waals surface area contributed by atoms with Gasteiger partial charge in [-0.1, -0.05) is 17.2 Å². The van der Waals surface area contributed by atoms with E-state index in [-0.39, 0.29) is 0 Å². The first kappa shape index (κ1) is 12.8. The van der Waals surface area contributed by atoms with Crippen LogP contribution in [0, 0.1) is 6.92 Å². The molecule has 0 unspecified atom stereocenters. The molecule has 0 saturated carbocycles. The van der Waals surface area contributed by atoms with Crippen LogP contribution in [-0.4, -0.2) is 11.7 Å². The third kappa shape index (κ3) is 3.70. The summed E-state index contributed by atoms with van der Waals surface area (Å²) in [6.07, 6.45) is 1.52. The van der Waals surface area contributed by atoms with Crippen molar-refractivity contribution >= 4 is 0 Å². The molecule has 0 aliphatic heterocycles. The molecule has 0 fully saturated rings. The Morgan fingerprint density at radius 2 is 2.12 bits per heavy atom. The zero-order valence-electron chi connectivity index (χ0n) is 10.4. The van der Waals surface area contributed by atoms with E-state index in [1.807, 2.05) is 45.0 Å². The maximum Gasteiger partial charge on any atom is 0.125 e. The Morgan fingerprint density at radius 3 is 2.69 bits per heavy atom. The maximum atomic E-state index is 9.64. The Bertz CT molecular complexity index is 374. The lowest BCUT2D eigenvalue weighted by molar-refractivity contribution is 0.193. The SMILES string of the molecule is CC(C)=CCOc1ccc(C)cc1[C@@H](C)O. The number of hydrogen-bond donors (Lipinski definition) is 1. The van der Waals surface area contributed by atoms with E-state index in [0.717, 1.165) is 16.9 Å². The van der Waals surface area contributed by atoms with Crippen molar-refractivity contribution in [2.24, 2.45) is 0 Å². The fourth-order valence-electron chi connectivity index (χ4n) is 1.42. The van der Waals surface area contributed by atoms with Crippen LogP contribution in [-0.2, 0) is 0 Å². The molecule has 1 aromatic rings. The highest BCUT2D eigenvalue weighted by atomic mass is 16.5. The number of aliphatic hydroxyl groups excluding tert-OH is 1. The lowest BCUT2D eigenvalue weighted by atomic mass is 10.1. The molecule has 1 atom stereocenters. The van der Waals surface area contributed by atoms with E-state index in [4.69, 9.17) is 4.74 Å². The molecule has 1 N–H and O–H groups in total. The molecule has 0 bridgehead atoms. The quantitative estimate of drug-likeness (QED) is 0.788.